The Labute approximate surface area is 144 Å². The summed E-state index contributed by atoms with van der Waals surface area (Å²) >= 11 is 0. The Morgan fingerprint density at radius 3 is 2.84 bits per heavy atom. The third kappa shape index (κ3) is 3.28. The van der Waals surface area contributed by atoms with Crippen LogP contribution in [0.2, 0.25) is 0 Å². The molecule has 8 heteroatoms. The first-order chi connectivity index (χ1) is 12.2. The Kier molecular flexibility index (Phi) is 4.01. The van der Waals surface area contributed by atoms with Crippen LogP contribution in [0.5, 0.6) is 0 Å². The molecule has 0 aliphatic carbocycles. The van der Waals surface area contributed by atoms with Gasteiger partial charge in [0.1, 0.15) is 18.0 Å². The van der Waals surface area contributed by atoms with Gasteiger partial charge in [0.05, 0.1) is 0 Å². The maximum absolute atomic E-state index is 12.5. The molecule has 3 aromatic heterocycles. The van der Waals surface area contributed by atoms with Crippen molar-refractivity contribution in [3.8, 4) is 0 Å². The summed E-state index contributed by atoms with van der Waals surface area (Å²) in [5.41, 5.74) is 1.62. The highest BCUT2D eigenvalue weighted by molar-refractivity contribution is 5.91. The van der Waals surface area contributed by atoms with Gasteiger partial charge in [-0.05, 0) is 44.0 Å². The van der Waals surface area contributed by atoms with Gasteiger partial charge in [-0.1, -0.05) is 6.07 Å². The third-order valence-corrected chi connectivity index (χ3v) is 4.48. The first-order valence-corrected chi connectivity index (χ1v) is 8.35. The van der Waals surface area contributed by atoms with Crippen molar-refractivity contribution in [3.05, 3.63) is 42.4 Å². The topological polar surface area (TPSA) is 88.3 Å². The standard InChI is InChI=1S/C17H19N7O/c1-12-3-2-4-14(19-12)20-17(25)13-7-9-23(10-8-13)16-6-5-15-21-18-11-24(15)22-16/h2-6,11,13H,7-10H2,1H3,(H,19,20,25). The molecule has 1 aliphatic heterocycles. The predicted molar refractivity (Wildman–Crippen MR) is 93.3 cm³/mol. The average molecular weight is 337 g/mol. The number of hydrogen-bond acceptors (Lipinski definition) is 6. The van der Waals surface area contributed by atoms with Gasteiger partial charge >= 0.3 is 0 Å². The van der Waals surface area contributed by atoms with Crippen molar-refractivity contribution in [1.82, 2.24) is 24.8 Å². The Hall–Kier alpha value is -3.03. The van der Waals surface area contributed by atoms with Crippen molar-refractivity contribution in [3.63, 3.8) is 0 Å². The molecule has 0 aromatic carbocycles. The lowest BCUT2D eigenvalue weighted by molar-refractivity contribution is -0.120. The molecule has 0 spiro atoms. The van der Waals surface area contributed by atoms with E-state index in [-0.39, 0.29) is 11.8 Å². The van der Waals surface area contributed by atoms with Crippen LogP contribution in [0.4, 0.5) is 11.6 Å². The van der Waals surface area contributed by atoms with Crippen LogP contribution in [0.1, 0.15) is 18.5 Å². The van der Waals surface area contributed by atoms with Crippen molar-refractivity contribution in [2.24, 2.45) is 5.92 Å². The SMILES string of the molecule is Cc1cccc(NC(=O)C2CCN(c3ccc4nncn4n3)CC2)n1. The Balaban J connectivity index is 1.38. The molecule has 1 saturated heterocycles. The zero-order valence-electron chi connectivity index (χ0n) is 14.0. The summed E-state index contributed by atoms with van der Waals surface area (Å²) < 4.78 is 1.66. The second-order valence-electron chi connectivity index (χ2n) is 6.24. The number of nitrogens with zero attached hydrogens (tertiary/aromatic N) is 6. The molecule has 1 amide bonds. The molecule has 0 bridgehead atoms. The van der Waals surface area contributed by atoms with Crippen LogP contribution in [-0.4, -0.2) is 43.8 Å². The monoisotopic (exact) mass is 337 g/mol. The third-order valence-electron chi connectivity index (χ3n) is 4.48. The van der Waals surface area contributed by atoms with Crippen LogP contribution in [-0.2, 0) is 4.79 Å². The van der Waals surface area contributed by atoms with Crippen LogP contribution in [0, 0.1) is 12.8 Å². The number of nitrogens with one attached hydrogen (secondary N) is 1. The van der Waals surface area contributed by atoms with Gasteiger partial charge in [0, 0.05) is 24.7 Å². The molecule has 4 heterocycles. The number of aryl methyl sites for hydroxylation is 1. The molecule has 8 nitrogen and oxygen atoms in total. The number of amides is 1. The van der Waals surface area contributed by atoms with Gasteiger partial charge in [0.15, 0.2) is 5.65 Å². The molecular weight excluding hydrogens is 318 g/mol. The lowest BCUT2D eigenvalue weighted by Gasteiger charge is -2.31. The number of fused-ring (bicyclic) bond motifs is 1. The fourth-order valence-corrected chi connectivity index (χ4v) is 3.10. The zero-order valence-corrected chi connectivity index (χ0v) is 14.0. The normalized spacial score (nSPS) is 15.5. The molecule has 0 saturated carbocycles. The minimum absolute atomic E-state index is 0.00259. The number of piperidine rings is 1. The molecule has 1 N–H and O–H groups in total. The Morgan fingerprint density at radius 1 is 1.20 bits per heavy atom. The number of pyridine rings is 1. The molecular formula is C17H19N7O. The smallest absolute Gasteiger partial charge is 0.228 e. The van der Waals surface area contributed by atoms with Gasteiger partial charge in [-0.15, -0.1) is 15.3 Å². The maximum Gasteiger partial charge on any atom is 0.228 e. The summed E-state index contributed by atoms with van der Waals surface area (Å²) in [6.45, 7) is 3.49. The zero-order chi connectivity index (χ0) is 17.2. The van der Waals surface area contributed by atoms with E-state index in [4.69, 9.17) is 0 Å². The minimum atomic E-state index is -0.00259. The first-order valence-electron chi connectivity index (χ1n) is 8.35. The summed E-state index contributed by atoms with van der Waals surface area (Å²) in [6, 6.07) is 9.47. The summed E-state index contributed by atoms with van der Waals surface area (Å²) in [6.07, 6.45) is 3.17. The lowest BCUT2D eigenvalue weighted by Crippen LogP contribution is -2.38. The quantitative estimate of drug-likeness (QED) is 0.782. The fraction of sp³-hybridized carbons (Fsp3) is 0.353. The molecule has 1 fully saturated rings. The summed E-state index contributed by atoms with van der Waals surface area (Å²) in [5, 5.41) is 15.2. The second kappa shape index (κ2) is 6.46. The van der Waals surface area contributed by atoms with Crippen LogP contribution in [0.3, 0.4) is 0 Å². The molecule has 0 atom stereocenters. The molecule has 4 rings (SSSR count). The summed E-state index contributed by atoms with van der Waals surface area (Å²) in [7, 11) is 0. The summed E-state index contributed by atoms with van der Waals surface area (Å²) in [5.74, 6) is 1.54. The number of rotatable bonds is 3. The Morgan fingerprint density at radius 2 is 2.04 bits per heavy atom. The number of carbonyl (C=O) groups is 1. The van der Waals surface area contributed by atoms with E-state index in [1.165, 1.54) is 0 Å². The van der Waals surface area contributed by atoms with Crippen molar-refractivity contribution < 1.29 is 4.79 Å². The van der Waals surface area contributed by atoms with Crippen LogP contribution >= 0.6 is 0 Å². The van der Waals surface area contributed by atoms with Gasteiger partial charge in [0.2, 0.25) is 5.91 Å². The predicted octanol–water partition coefficient (Wildman–Crippen LogP) is 1.68. The van der Waals surface area contributed by atoms with Crippen LogP contribution in [0.25, 0.3) is 5.65 Å². The highest BCUT2D eigenvalue weighted by Gasteiger charge is 2.26. The van der Waals surface area contributed by atoms with Crippen LogP contribution < -0.4 is 10.2 Å². The number of anilines is 2. The van der Waals surface area contributed by atoms with Gasteiger partial charge in [0.25, 0.3) is 0 Å². The molecule has 128 valence electrons. The molecule has 25 heavy (non-hydrogen) atoms. The molecule has 1 aliphatic rings. The van der Waals surface area contributed by atoms with Crippen molar-refractivity contribution in [2.45, 2.75) is 19.8 Å². The summed E-state index contributed by atoms with van der Waals surface area (Å²) in [4.78, 5) is 19.0. The molecule has 3 aromatic rings. The lowest BCUT2D eigenvalue weighted by atomic mass is 9.96. The van der Waals surface area contributed by atoms with E-state index < -0.39 is 0 Å². The van der Waals surface area contributed by atoms with E-state index in [1.54, 1.807) is 10.8 Å². The van der Waals surface area contributed by atoms with Crippen molar-refractivity contribution >= 4 is 23.2 Å². The van der Waals surface area contributed by atoms with Gasteiger partial charge < -0.3 is 10.2 Å². The second-order valence-corrected chi connectivity index (χ2v) is 6.24. The van der Waals surface area contributed by atoms with Gasteiger partial charge in [-0.25, -0.2) is 4.98 Å². The van der Waals surface area contributed by atoms with Gasteiger partial charge in [-0.2, -0.15) is 4.52 Å². The molecule has 0 unspecified atom stereocenters. The first kappa shape index (κ1) is 15.5. The van der Waals surface area contributed by atoms with E-state index in [0.717, 1.165) is 43.1 Å². The highest BCUT2D eigenvalue weighted by atomic mass is 16.1. The number of aromatic nitrogens is 5. The van der Waals surface area contributed by atoms with Crippen LogP contribution in [0.15, 0.2) is 36.7 Å². The fourth-order valence-electron chi connectivity index (χ4n) is 3.10. The average Bonchev–Trinajstić information content (AvgIpc) is 3.09. The molecule has 0 radical (unpaired) electrons. The van der Waals surface area contributed by atoms with E-state index in [1.807, 2.05) is 37.3 Å². The largest absolute Gasteiger partial charge is 0.355 e. The van der Waals surface area contributed by atoms with E-state index in [0.29, 0.717) is 5.82 Å². The van der Waals surface area contributed by atoms with Crippen molar-refractivity contribution in [2.75, 3.05) is 23.3 Å². The van der Waals surface area contributed by atoms with E-state index in [2.05, 4.69) is 30.5 Å². The van der Waals surface area contributed by atoms with Crippen molar-refractivity contribution in [1.29, 1.82) is 0 Å². The number of hydrogen-bond donors (Lipinski definition) is 1. The number of carbonyl (C=O) groups excluding carboxylic acids is 1. The van der Waals surface area contributed by atoms with E-state index >= 15 is 0 Å². The van der Waals surface area contributed by atoms with E-state index in [9.17, 15) is 4.79 Å². The Bertz CT molecular complexity index is 899. The maximum atomic E-state index is 12.5. The minimum Gasteiger partial charge on any atom is -0.355 e. The van der Waals surface area contributed by atoms with Gasteiger partial charge in [-0.3, -0.25) is 4.79 Å². The highest BCUT2D eigenvalue weighted by Crippen LogP contribution is 2.23.